The molecule has 0 aliphatic heterocycles. The Bertz CT molecular complexity index is 3820. The van der Waals surface area contributed by atoms with Crippen molar-refractivity contribution in [2.24, 2.45) is 0 Å². The predicted octanol–water partition coefficient (Wildman–Crippen LogP) is 17.2. The molecule has 0 aliphatic rings. The molecule has 5 nitrogen and oxygen atoms in total. The Morgan fingerprint density at radius 3 is 0.986 bits per heavy atom. The minimum atomic E-state index is -0.113. The highest BCUT2D eigenvalue weighted by atomic mass is 15.0. The van der Waals surface area contributed by atoms with Crippen LogP contribution in [0.15, 0.2) is 218 Å². The maximum Gasteiger partial charge on any atom is 0.0998 e. The summed E-state index contributed by atoms with van der Waals surface area (Å²) >= 11 is 0. The minimum absolute atomic E-state index is 0.113. The van der Waals surface area contributed by atoms with Gasteiger partial charge in [-0.05, 0) is 174 Å². The summed E-state index contributed by atoms with van der Waals surface area (Å²) in [5, 5.41) is 43.2. The van der Waals surface area contributed by atoms with Gasteiger partial charge >= 0.3 is 0 Å². The van der Waals surface area contributed by atoms with E-state index in [0.29, 0.717) is 22.3 Å². The molecule has 5 heteroatoms. The molecule has 0 amide bonds. The van der Waals surface area contributed by atoms with Gasteiger partial charge in [-0.3, -0.25) is 0 Å². The molecule has 0 bridgehead atoms. The van der Waals surface area contributed by atoms with Crippen molar-refractivity contribution in [3.05, 3.63) is 246 Å². The van der Waals surface area contributed by atoms with Crippen LogP contribution in [-0.4, -0.2) is 4.57 Å². The summed E-state index contributed by atoms with van der Waals surface area (Å²) in [7, 11) is 0. The zero-order chi connectivity index (χ0) is 50.2. The van der Waals surface area contributed by atoms with Crippen LogP contribution in [0.1, 0.15) is 48.6 Å². The lowest BCUT2D eigenvalue weighted by atomic mass is 9.81. The Morgan fingerprint density at radius 2 is 0.616 bits per heavy atom. The molecule has 0 N–H and O–H groups in total. The van der Waals surface area contributed by atoms with Crippen molar-refractivity contribution < 1.29 is 0 Å². The van der Waals surface area contributed by atoms with Gasteiger partial charge in [-0.1, -0.05) is 148 Å². The highest BCUT2D eigenvalue weighted by Crippen LogP contribution is 2.44. The second kappa shape index (κ2) is 18.7. The molecule has 0 spiro atoms. The number of fused-ring (bicyclic) bond motifs is 3. The average Bonchev–Trinajstić information content (AvgIpc) is 3.77. The third-order valence-corrected chi connectivity index (χ3v) is 13.9. The molecule has 73 heavy (non-hydrogen) atoms. The van der Waals surface area contributed by atoms with Crippen molar-refractivity contribution >= 4 is 21.8 Å². The van der Waals surface area contributed by atoms with Crippen LogP contribution in [-0.2, 0) is 5.41 Å². The summed E-state index contributed by atoms with van der Waals surface area (Å²) in [4.78, 5) is 0. The highest BCUT2D eigenvalue weighted by molar-refractivity contribution is 6.12. The Kier molecular flexibility index (Phi) is 11.6. The number of benzene rings is 10. The fraction of sp³-hybridized carbons (Fsp3) is 0.0588. The summed E-state index contributed by atoms with van der Waals surface area (Å²) in [6.45, 7) is 6.78. The SMILES string of the molecule is CC(C)(C)c1ccccc1-c1ccccc1-n1c2ccc(-c3cc(-c4ccccc4C#N)cc(-c4ccccc4C#N)c3)cc2c2cc(-c3cc(-c4ccccc4C#N)cc(-c4ccccc4C#N)c3)ccc21. The molecule has 0 aliphatic carbocycles. The van der Waals surface area contributed by atoms with E-state index in [9.17, 15) is 21.0 Å². The van der Waals surface area contributed by atoms with Gasteiger partial charge in [-0.15, -0.1) is 0 Å². The number of aromatic nitrogens is 1. The van der Waals surface area contributed by atoms with Gasteiger partial charge in [0.1, 0.15) is 0 Å². The Hall–Kier alpha value is -10.0. The van der Waals surface area contributed by atoms with Crippen molar-refractivity contribution in [1.29, 1.82) is 21.0 Å². The van der Waals surface area contributed by atoms with E-state index in [1.165, 1.54) is 11.1 Å². The topological polar surface area (TPSA) is 100 Å². The van der Waals surface area contributed by atoms with Crippen molar-refractivity contribution in [3.63, 3.8) is 0 Å². The van der Waals surface area contributed by atoms with Gasteiger partial charge in [0.05, 0.1) is 63.3 Å². The van der Waals surface area contributed by atoms with E-state index in [-0.39, 0.29) is 5.41 Å². The van der Waals surface area contributed by atoms with Crippen LogP contribution in [0.4, 0.5) is 0 Å². The van der Waals surface area contributed by atoms with Gasteiger partial charge in [0.25, 0.3) is 0 Å². The molecule has 10 aromatic carbocycles. The van der Waals surface area contributed by atoms with E-state index in [0.717, 1.165) is 99.8 Å². The first-order valence-corrected chi connectivity index (χ1v) is 24.2. The fourth-order valence-electron chi connectivity index (χ4n) is 10.5. The van der Waals surface area contributed by atoms with Crippen LogP contribution >= 0.6 is 0 Å². The maximum atomic E-state index is 10.3. The number of nitrogens with zero attached hydrogens (tertiary/aromatic N) is 5. The van der Waals surface area contributed by atoms with E-state index < -0.39 is 0 Å². The lowest BCUT2D eigenvalue weighted by Crippen LogP contribution is -2.13. The monoisotopic (exact) mass is 931 g/mol. The molecule has 1 heterocycles. The molecule has 0 radical (unpaired) electrons. The van der Waals surface area contributed by atoms with Crippen LogP contribution < -0.4 is 0 Å². The second-order valence-corrected chi connectivity index (χ2v) is 19.3. The van der Waals surface area contributed by atoms with Crippen molar-refractivity contribution in [1.82, 2.24) is 4.57 Å². The van der Waals surface area contributed by atoms with Crippen molar-refractivity contribution in [2.75, 3.05) is 0 Å². The second-order valence-electron chi connectivity index (χ2n) is 19.3. The molecular formula is C68H45N5. The van der Waals surface area contributed by atoms with E-state index in [1.54, 1.807) is 0 Å². The molecule has 11 rings (SSSR count). The first-order chi connectivity index (χ1) is 35.6. The molecule has 11 aromatic rings. The van der Waals surface area contributed by atoms with Crippen molar-refractivity contribution in [2.45, 2.75) is 26.2 Å². The summed E-state index contributed by atoms with van der Waals surface area (Å²) in [6, 6.07) is 83.5. The third kappa shape index (κ3) is 8.29. The summed E-state index contributed by atoms with van der Waals surface area (Å²) < 4.78 is 2.38. The lowest BCUT2D eigenvalue weighted by Gasteiger charge is -2.24. The average molecular weight is 932 g/mol. The molecule has 0 atom stereocenters. The maximum absolute atomic E-state index is 10.3. The van der Waals surface area contributed by atoms with Crippen LogP contribution in [0.2, 0.25) is 0 Å². The fourth-order valence-corrected chi connectivity index (χ4v) is 10.5. The van der Waals surface area contributed by atoms with Crippen molar-refractivity contribution in [3.8, 4) is 108 Å². The number of rotatable bonds is 8. The van der Waals surface area contributed by atoms with Crippen LogP contribution in [0.25, 0.3) is 105 Å². The predicted molar refractivity (Wildman–Crippen MR) is 296 cm³/mol. The lowest BCUT2D eigenvalue weighted by molar-refractivity contribution is 0.592. The normalized spacial score (nSPS) is 11.2. The zero-order valence-corrected chi connectivity index (χ0v) is 40.5. The number of nitriles is 4. The number of hydrogen-bond donors (Lipinski definition) is 0. The van der Waals surface area contributed by atoms with Crippen LogP contribution in [0, 0.1) is 45.3 Å². The van der Waals surface area contributed by atoms with Gasteiger partial charge in [0.2, 0.25) is 0 Å². The van der Waals surface area contributed by atoms with E-state index in [2.05, 4.69) is 171 Å². The molecule has 0 fully saturated rings. The highest BCUT2D eigenvalue weighted by Gasteiger charge is 2.23. The van der Waals surface area contributed by atoms with E-state index >= 15 is 0 Å². The van der Waals surface area contributed by atoms with Gasteiger partial charge < -0.3 is 4.57 Å². The Morgan fingerprint density at radius 1 is 0.301 bits per heavy atom. The standard InChI is InChI=1S/C68H45N5/c1-68(2,3)64-26-14-12-24-60(64)61-25-13-15-27-65(61)73-66-30-28-44(50-32-52(56-20-8-4-16-46(56)40-69)36-53(33-50)57-21-9-5-17-47(57)41-70)38-62(66)63-39-45(29-31-67(63)73)51-34-54(58-22-10-6-18-48(58)42-71)37-55(35-51)59-23-11-7-19-49(59)43-72/h4-39H,1-3H3. The molecular weight excluding hydrogens is 887 g/mol. The first-order valence-electron chi connectivity index (χ1n) is 24.2. The Balaban J connectivity index is 1.20. The van der Waals surface area contributed by atoms with E-state index in [1.807, 2.05) is 97.1 Å². The summed E-state index contributed by atoms with van der Waals surface area (Å²) in [6.07, 6.45) is 0. The summed E-state index contributed by atoms with van der Waals surface area (Å²) in [5.74, 6) is 0. The van der Waals surface area contributed by atoms with Crippen LogP contribution in [0.3, 0.4) is 0 Å². The van der Waals surface area contributed by atoms with Gasteiger partial charge in [-0.2, -0.15) is 21.0 Å². The summed E-state index contributed by atoms with van der Waals surface area (Å²) in [5.41, 5.74) is 19.4. The molecule has 342 valence electrons. The zero-order valence-electron chi connectivity index (χ0n) is 40.5. The molecule has 0 saturated heterocycles. The largest absolute Gasteiger partial charge is 0.309 e. The third-order valence-electron chi connectivity index (χ3n) is 13.9. The quantitative estimate of drug-likeness (QED) is 0.151. The van der Waals surface area contributed by atoms with E-state index in [4.69, 9.17) is 0 Å². The Labute approximate surface area is 425 Å². The molecule has 1 aromatic heterocycles. The minimum Gasteiger partial charge on any atom is -0.309 e. The smallest absolute Gasteiger partial charge is 0.0998 e. The molecule has 0 unspecified atom stereocenters. The molecule has 0 saturated carbocycles. The van der Waals surface area contributed by atoms with Gasteiger partial charge in [0.15, 0.2) is 0 Å². The number of hydrogen-bond acceptors (Lipinski definition) is 4. The van der Waals surface area contributed by atoms with Gasteiger partial charge in [0, 0.05) is 16.3 Å². The number of para-hydroxylation sites is 1. The van der Waals surface area contributed by atoms with Gasteiger partial charge in [-0.25, -0.2) is 0 Å². The van der Waals surface area contributed by atoms with Crippen LogP contribution in [0.5, 0.6) is 0 Å². The first kappa shape index (κ1) is 45.4.